The van der Waals surface area contributed by atoms with Crippen LogP contribution in [-0.2, 0) is 14.8 Å². The van der Waals surface area contributed by atoms with Gasteiger partial charge in [0.1, 0.15) is 0 Å². The molecule has 0 saturated heterocycles. The highest BCUT2D eigenvalue weighted by Gasteiger charge is 2.21. The lowest BCUT2D eigenvalue weighted by atomic mass is 9.88. The van der Waals surface area contributed by atoms with Gasteiger partial charge in [0.25, 0.3) is 0 Å². The molecule has 0 spiro atoms. The quantitative estimate of drug-likeness (QED) is 0.622. The van der Waals surface area contributed by atoms with Gasteiger partial charge in [0, 0.05) is 13.0 Å². The van der Waals surface area contributed by atoms with Gasteiger partial charge in [-0.1, -0.05) is 0 Å². The normalized spacial score (nSPS) is 24.9. The smallest absolute Gasteiger partial charge is 0.303 e. The standard InChI is InChI=1S/C11H21NO5S/c13-10-5-3-9(4-6-10)8-12-18(16,17)7-1-2-11(14)15/h9-10,12-13H,1-8H2,(H,14,15). The molecule has 0 amide bonds. The minimum absolute atomic E-state index is 0.128. The van der Waals surface area contributed by atoms with E-state index in [9.17, 15) is 18.3 Å². The molecule has 0 aliphatic heterocycles. The minimum Gasteiger partial charge on any atom is -0.481 e. The number of rotatable bonds is 7. The first-order valence-corrected chi connectivity index (χ1v) is 7.91. The van der Waals surface area contributed by atoms with Crippen LogP contribution in [0.5, 0.6) is 0 Å². The highest BCUT2D eigenvalue weighted by atomic mass is 32.2. The Kier molecular flexibility index (Phi) is 6.04. The van der Waals surface area contributed by atoms with Crippen LogP contribution in [0.4, 0.5) is 0 Å². The zero-order chi connectivity index (χ0) is 13.6. The Morgan fingerprint density at radius 3 is 2.39 bits per heavy atom. The van der Waals surface area contributed by atoms with Crippen molar-refractivity contribution in [1.29, 1.82) is 0 Å². The van der Waals surface area contributed by atoms with Gasteiger partial charge in [-0.2, -0.15) is 0 Å². The van der Waals surface area contributed by atoms with Crippen molar-refractivity contribution in [3.05, 3.63) is 0 Å². The zero-order valence-corrected chi connectivity index (χ0v) is 11.2. The van der Waals surface area contributed by atoms with Gasteiger partial charge < -0.3 is 10.2 Å². The predicted molar refractivity (Wildman–Crippen MR) is 66.6 cm³/mol. The fraction of sp³-hybridized carbons (Fsp3) is 0.909. The number of aliphatic carboxylic acids is 1. The summed E-state index contributed by atoms with van der Waals surface area (Å²) < 4.78 is 25.6. The van der Waals surface area contributed by atoms with Gasteiger partial charge in [0.15, 0.2) is 0 Å². The van der Waals surface area contributed by atoms with E-state index < -0.39 is 16.0 Å². The number of hydrogen-bond acceptors (Lipinski definition) is 4. The Morgan fingerprint density at radius 2 is 1.83 bits per heavy atom. The second-order valence-corrected chi connectivity index (χ2v) is 6.77. The predicted octanol–water partition coefficient (Wildman–Crippen LogP) is 0.322. The van der Waals surface area contributed by atoms with Gasteiger partial charge in [0.2, 0.25) is 10.0 Å². The number of carboxylic acid groups (broad SMARTS) is 1. The Balaban J connectivity index is 2.22. The summed E-state index contributed by atoms with van der Waals surface area (Å²) in [6, 6.07) is 0. The Hall–Kier alpha value is -0.660. The molecule has 6 nitrogen and oxygen atoms in total. The summed E-state index contributed by atoms with van der Waals surface area (Å²) in [5, 5.41) is 17.8. The first-order chi connectivity index (χ1) is 8.39. The monoisotopic (exact) mass is 279 g/mol. The fourth-order valence-electron chi connectivity index (χ4n) is 2.08. The van der Waals surface area contributed by atoms with Crippen LogP contribution < -0.4 is 4.72 Å². The molecule has 7 heteroatoms. The van der Waals surface area contributed by atoms with Crippen molar-refractivity contribution in [3.63, 3.8) is 0 Å². The molecule has 0 bridgehead atoms. The number of carbonyl (C=O) groups is 1. The van der Waals surface area contributed by atoms with Gasteiger partial charge in [-0.3, -0.25) is 4.79 Å². The molecular formula is C11H21NO5S. The molecule has 0 aromatic rings. The Morgan fingerprint density at radius 1 is 1.22 bits per heavy atom. The average molecular weight is 279 g/mol. The van der Waals surface area contributed by atoms with Gasteiger partial charge >= 0.3 is 5.97 Å². The van der Waals surface area contributed by atoms with E-state index in [1.165, 1.54) is 0 Å². The maximum atomic E-state index is 11.6. The number of hydrogen-bond donors (Lipinski definition) is 3. The van der Waals surface area contributed by atoms with Crippen LogP contribution in [0.25, 0.3) is 0 Å². The SMILES string of the molecule is O=C(O)CCCS(=O)(=O)NCC1CCC(O)CC1. The lowest BCUT2D eigenvalue weighted by Crippen LogP contribution is -2.33. The van der Waals surface area contributed by atoms with E-state index in [4.69, 9.17) is 5.11 Å². The fourth-order valence-corrected chi connectivity index (χ4v) is 3.24. The van der Waals surface area contributed by atoms with Crippen LogP contribution in [0, 0.1) is 5.92 Å². The van der Waals surface area contributed by atoms with Crippen LogP contribution in [-0.4, -0.2) is 43.0 Å². The molecule has 0 atom stereocenters. The van der Waals surface area contributed by atoms with Crippen LogP contribution in [0.15, 0.2) is 0 Å². The molecule has 1 rings (SSSR count). The molecule has 106 valence electrons. The number of aliphatic hydroxyl groups is 1. The number of aliphatic hydroxyl groups excluding tert-OH is 1. The molecule has 0 aromatic heterocycles. The van der Waals surface area contributed by atoms with E-state index in [1.54, 1.807) is 0 Å². The van der Waals surface area contributed by atoms with Gasteiger partial charge in [-0.05, 0) is 38.0 Å². The highest BCUT2D eigenvalue weighted by Crippen LogP contribution is 2.23. The van der Waals surface area contributed by atoms with Crippen molar-refractivity contribution in [2.24, 2.45) is 5.92 Å². The van der Waals surface area contributed by atoms with E-state index in [0.29, 0.717) is 6.54 Å². The molecule has 18 heavy (non-hydrogen) atoms. The lowest BCUT2D eigenvalue weighted by molar-refractivity contribution is -0.137. The summed E-state index contributed by atoms with van der Waals surface area (Å²) in [5.74, 6) is -0.844. The van der Waals surface area contributed by atoms with Crippen molar-refractivity contribution < 1.29 is 23.4 Å². The topological polar surface area (TPSA) is 104 Å². The van der Waals surface area contributed by atoms with Crippen LogP contribution in [0.2, 0.25) is 0 Å². The minimum atomic E-state index is -3.37. The van der Waals surface area contributed by atoms with Gasteiger partial charge in [-0.15, -0.1) is 0 Å². The van der Waals surface area contributed by atoms with Crippen molar-refractivity contribution >= 4 is 16.0 Å². The third-order valence-electron chi connectivity index (χ3n) is 3.21. The molecule has 0 aromatic carbocycles. The molecule has 1 fully saturated rings. The summed E-state index contributed by atoms with van der Waals surface area (Å²) in [5.41, 5.74) is 0. The zero-order valence-electron chi connectivity index (χ0n) is 10.3. The number of carboxylic acids is 1. The van der Waals surface area contributed by atoms with E-state index in [0.717, 1.165) is 25.7 Å². The van der Waals surface area contributed by atoms with E-state index in [1.807, 2.05) is 0 Å². The van der Waals surface area contributed by atoms with E-state index in [-0.39, 0.29) is 30.6 Å². The van der Waals surface area contributed by atoms with E-state index in [2.05, 4.69) is 4.72 Å². The van der Waals surface area contributed by atoms with Gasteiger partial charge in [0.05, 0.1) is 11.9 Å². The summed E-state index contributed by atoms with van der Waals surface area (Å²) in [4.78, 5) is 10.3. The summed E-state index contributed by atoms with van der Waals surface area (Å²) in [6.07, 6.45) is 2.88. The van der Waals surface area contributed by atoms with Gasteiger partial charge in [-0.25, -0.2) is 13.1 Å². The largest absolute Gasteiger partial charge is 0.481 e. The summed E-state index contributed by atoms with van der Waals surface area (Å²) in [7, 11) is -3.37. The molecule has 0 heterocycles. The number of nitrogens with one attached hydrogen (secondary N) is 1. The van der Waals surface area contributed by atoms with Crippen molar-refractivity contribution in [2.75, 3.05) is 12.3 Å². The molecule has 1 aliphatic carbocycles. The van der Waals surface area contributed by atoms with Crippen LogP contribution >= 0.6 is 0 Å². The number of sulfonamides is 1. The van der Waals surface area contributed by atoms with Crippen molar-refractivity contribution in [2.45, 2.75) is 44.6 Å². The molecule has 1 saturated carbocycles. The third-order valence-corrected chi connectivity index (χ3v) is 4.64. The molecule has 1 aliphatic rings. The third kappa shape index (κ3) is 6.32. The lowest BCUT2D eigenvalue weighted by Gasteiger charge is -2.25. The first kappa shape index (κ1) is 15.4. The highest BCUT2D eigenvalue weighted by molar-refractivity contribution is 7.89. The molecule has 0 radical (unpaired) electrons. The van der Waals surface area contributed by atoms with Crippen molar-refractivity contribution in [3.8, 4) is 0 Å². The van der Waals surface area contributed by atoms with Crippen LogP contribution in [0.1, 0.15) is 38.5 Å². The Labute approximate surface area is 107 Å². The average Bonchev–Trinajstić information content (AvgIpc) is 2.27. The Bertz CT molecular complexity index is 360. The molecule has 0 unspecified atom stereocenters. The summed E-state index contributed by atoms with van der Waals surface area (Å²) in [6.45, 7) is 0.391. The summed E-state index contributed by atoms with van der Waals surface area (Å²) >= 11 is 0. The van der Waals surface area contributed by atoms with Crippen LogP contribution in [0.3, 0.4) is 0 Å². The molecule has 3 N–H and O–H groups in total. The van der Waals surface area contributed by atoms with Crippen molar-refractivity contribution in [1.82, 2.24) is 4.72 Å². The first-order valence-electron chi connectivity index (χ1n) is 6.26. The second-order valence-electron chi connectivity index (χ2n) is 4.84. The van der Waals surface area contributed by atoms with E-state index >= 15 is 0 Å². The maximum absolute atomic E-state index is 11.6. The maximum Gasteiger partial charge on any atom is 0.303 e. The molecular weight excluding hydrogens is 258 g/mol. The second kappa shape index (κ2) is 7.06.